The molecule has 3 N–H and O–H groups in total. The quantitative estimate of drug-likeness (QED) is 0.0210. The number of esters is 3. The predicted molar refractivity (Wildman–Crippen MR) is 447 cm³/mol. The number of hydrogen-bond acceptors (Lipinski definition) is 21. The van der Waals surface area contributed by atoms with Gasteiger partial charge in [-0.15, -0.1) is 11.8 Å². The molecule has 23 heteroatoms. The fourth-order valence-corrected chi connectivity index (χ4v) is 9.50. The van der Waals surface area contributed by atoms with E-state index in [9.17, 15) is 62.3 Å². The topological polar surface area (TPSA) is 322 Å². The van der Waals surface area contributed by atoms with Crippen molar-refractivity contribution in [3.8, 4) is 23.0 Å². The van der Waals surface area contributed by atoms with Crippen molar-refractivity contribution in [2.24, 2.45) is 0 Å². The van der Waals surface area contributed by atoms with Crippen LogP contribution < -0.4 is 24.8 Å². The summed E-state index contributed by atoms with van der Waals surface area (Å²) in [6, 6.07) is 81.1. The average Bonchev–Trinajstić information content (AvgIpc) is 0.878. The summed E-state index contributed by atoms with van der Waals surface area (Å²) >= 11 is 1.68. The number of Topliss-reactive ketones (excluding diaryl/α,β-unsaturated/α-hetero) is 8. The van der Waals surface area contributed by atoms with Crippen molar-refractivity contribution in [2.45, 2.75) is 73.8 Å². The number of methoxy groups -OCH3 is 2. The SMILES string of the molecule is CC(=O)c1ccc(C(=O)Oc2ccccc2)cc1.CC(=O)c1ccc(O)cc1.CC(=O)c1ccc(OC(=O)Nc2ccccc2)cc1.CC(=O)c1ccc(OCc2ccccc2)cc1.CCOC(=O)Nc1ccc(C(C)=O)cc1.COC(=O)c1ccc(C(C)=O)cc1.COC(=O)c1cccc(C(C)=O)c1.CSc1ccc(C(C)=O)cc1. The first-order chi connectivity index (χ1) is 55.4. The minimum absolute atomic E-state index is 0.00214. The molecular formula is C93H90N2O20S. The lowest BCUT2D eigenvalue weighted by Gasteiger charge is -2.06. The molecule has 0 spiro atoms. The van der Waals surface area contributed by atoms with Gasteiger partial charge in [0.2, 0.25) is 0 Å². The van der Waals surface area contributed by atoms with Gasteiger partial charge in [0.05, 0.1) is 37.5 Å². The highest BCUT2D eigenvalue weighted by Crippen LogP contribution is 2.20. The Hall–Kier alpha value is -14.3. The van der Waals surface area contributed by atoms with E-state index in [-0.39, 0.29) is 52.0 Å². The number of benzene rings is 11. The fraction of sp³-hybridized carbons (Fsp3) is 0.151. The summed E-state index contributed by atoms with van der Waals surface area (Å²) in [6.45, 7) is 14.6. The Kier molecular flexibility index (Phi) is 41.6. The number of carbonyl (C=O) groups is 13. The molecule has 0 aliphatic rings. The van der Waals surface area contributed by atoms with Crippen LogP contribution in [0.15, 0.2) is 290 Å². The number of carbonyl (C=O) groups excluding carboxylic acids is 13. The molecular weight excluding hydrogens is 1500 g/mol. The van der Waals surface area contributed by atoms with E-state index in [2.05, 4.69) is 20.1 Å². The maximum atomic E-state index is 11.8. The zero-order valence-electron chi connectivity index (χ0n) is 66.2. The molecule has 2 amide bonds. The molecule has 0 radical (unpaired) electrons. The second kappa shape index (κ2) is 51.3. The normalized spacial score (nSPS) is 9.62. The van der Waals surface area contributed by atoms with Gasteiger partial charge in [0.15, 0.2) is 46.3 Å². The Bertz CT molecular complexity index is 5020. The highest BCUT2D eigenvalue weighted by molar-refractivity contribution is 7.98. The molecule has 0 fully saturated rings. The van der Waals surface area contributed by atoms with Gasteiger partial charge < -0.3 is 33.5 Å². The lowest BCUT2D eigenvalue weighted by molar-refractivity contribution is 0.0591. The summed E-state index contributed by atoms with van der Waals surface area (Å²) < 4.78 is 29.6. The van der Waals surface area contributed by atoms with E-state index in [1.165, 1.54) is 78.9 Å². The molecule has 598 valence electrons. The number of phenols is 1. The van der Waals surface area contributed by atoms with Crippen LogP contribution in [0.2, 0.25) is 0 Å². The minimum atomic E-state index is -0.568. The zero-order valence-corrected chi connectivity index (χ0v) is 67.0. The van der Waals surface area contributed by atoms with Crippen LogP contribution in [0.3, 0.4) is 0 Å². The molecule has 0 atom stereocenters. The number of aromatic hydroxyl groups is 1. The number of phenolic OH excluding ortho intramolecular Hbond substituents is 1. The molecule has 11 aromatic carbocycles. The first kappa shape index (κ1) is 94.1. The largest absolute Gasteiger partial charge is 0.508 e. The summed E-state index contributed by atoms with van der Waals surface area (Å²) in [5, 5.41) is 14.0. The molecule has 11 aromatic rings. The smallest absolute Gasteiger partial charge is 0.417 e. The van der Waals surface area contributed by atoms with Gasteiger partial charge in [0, 0.05) is 60.8 Å². The van der Waals surface area contributed by atoms with E-state index < -0.39 is 30.1 Å². The van der Waals surface area contributed by atoms with Crippen LogP contribution in [-0.2, 0) is 20.8 Å². The fourth-order valence-electron chi connectivity index (χ4n) is 9.09. The number of thioether (sulfide) groups is 1. The van der Waals surface area contributed by atoms with Crippen molar-refractivity contribution in [3.63, 3.8) is 0 Å². The molecule has 0 saturated heterocycles. The number of amides is 2. The van der Waals surface area contributed by atoms with Crippen LogP contribution >= 0.6 is 11.8 Å². The summed E-state index contributed by atoms with van der Waals surface area (Å²) in [7, 11) is 2.63. The second-order valence-corrected chi connectivity index (χ2v) is 25.2. The number of rotatable bonds is 20. The Morgan fingerprint density at radius 3 is 1.03 bits per heavy atom. The third-order valence-corrected chi connectivity index (χ3v) is 16.2. The van der Waals surface area contributed by atoms with Gasteiger partial charge in [-0.3, -0.25) is 49.0 Å². The predicted octanol–water partition coefficient (Wildman–Crippen LogP) is 20.1. The Morgan fingerprint density at radius 1 is 0.310 bits per heavy atom. The lowest BCUT2D eigenvalue weighted by atomic mass is 10.1. The van der Waals surface area contributed by atoms with E-state index >= 15 is 0 Å². The third-order valence-electron chi connectivity index (χ3n) is 15.5. The van der Waals surface area contributed by atoms with Crippen molar-refractivity contribution in [3.05, 3.63) is 352 Å². The number of nitrogens with one attached hydrogen (secondary N) is 2. The van der Waals surface area contributed by atoms with E-state index in [1.54, 1.807) is 208 Å². The summed E-state index contributed by atoms with van der Waals surface area (Å²) in [6.07, 6.45) is 0.956. The number of hydrogen-bond donors (Lipinski definition) is 3. The highest BCUT2D eigenvalue weighted by atomic mass is 32.2. The van der Waals surface area contributed by atoms with Gasteiger partial charge in [-0.05, 0) is 244 Å². The monoisotopic (exact) mass is 1590 g/mol. The van der Waals surface area contributed by atoms with Crippen LogP contribution in [0.1, 0.15) is 182 Å². The maximum absolute atomic E-state index is 11.8. The van der Waals surface area contributed by atoms with Crippen molar-refractivity contribution in [1.82, 2.24) is 0 Å². The molecule has 0 bridgehead atoms. The Morgan fingerprint density at radius 2 is 0.629 bits per heavy atom. The summed E-state index contributed by atoms with van der Waals surface area (Å²) in [4.78, 5) is 145. The standard InChI is InChI=1S/C15H13NO3.C15H12O3.C15H14O2.C11H13NO3.2C10H10O3.C9H10OS.C8H8O2/c1-11(17)12-7-9-14(10-8-12)19-15(18)16-13-5-3-2-4-6-13;1-11(16)12-7-9-13(10-8-12)15(17)18-14-5-3-2-4-6-14;1-12(16)14-7-9-15(10-8-14)17-11-13-5-3-2-4-6-13;1-3-15-11(14)12-10-6-4-9(5-7-10)8(2)13;1-7(11)8-3-5-9(6-4-8)10(12)13-2;1-7(11)8-4-3-5-9(6-8)10(12)13-2;1-7(10)8-3-5-9(11-2)6-4-8;1-6(9)7-2-4-8(10)5-3-7/h2-10H,1H3,(H,16,18);2-10H,1H3;2-10H,11H2,1H3;4-7H,3H2,1-2H3,(H,12,14);2*3-6H,1-2H3;3-6H,1-2H3;2-5,10H,1H3. The van der Waals surface area contributed by atoms with E-state index in [0.29, 0.717) is 91.7 Å². The highest BCUT2D eigenvalue weighted by Gasteiger charge is 2.13. The van der Waals surface area contributed by atoms with Gasteiger partial charge in [-0.1, -0.05) is 115 Å². The van der Waals surface area contributed by atoms with Gasteiger partial charge in [0.25, 0.3) is 0 Å². The number of ketones is 8. The van der Waals surface area contributed by atoms with Crippen LogP contribution in [-0.4, -0.2) is 109 Å². The molecule has 0 heterocycles. The number of para-hydroxylation sites is 2. The minimum Gasteiger partial charge on any atom is -0.508 e. The molecule has 0 aliphatic heterocycles. The second-order valence-electron chi connectivity index (χ2n) is 24.3. The number of ether oxygens (including phenoxy) is 6. The van der Waals surface area contributed by atoms with Crippen molar-refractivity contribution < 1.29 is 95.9 Å². The van der Waals surface area contributed by atoms with Gasteiger partial charge >= 0.3 is 30.1 Å². The van der Waals surface area contributed by atoms with Gasteiger partial charge in [-0.2, -0.15) is 0 Å². The van der Waals surface area contributed by atoms with Crippen LogP contribution in [0.4, 0.5) is 21.0 Å². The molecule has 116 heavy (non-hydrogen) atoms. The van der Waals surface area contributed by atoms with E-state index in [4.69, 9.17) is 24.1 Å². The van der Waals surface area contributed by atoms with Crippen LogP contribution in [0.5, 0.6) is 23.0 Å². The van der Waals surface area contributed by atoms with Crippen LogP contribution in [0, 0.1) is 0 Å². The maximum Gasteiger partial charge on any atom is 0.417 e. The number of anilines is 2. The summed E-state index contributed by atoms with van der Waals surface area (Å²) in [5.74, 6) is 0.658. The molecule has 0 unspecified atom stereocenters. The van der Waals surface area contributed by atoms with Crippen molar-refractivity contribution >= 4 is 99.5 Å². The van der Waals surface area contributed by atoms with Crippen molar-refractivity contribution in [1.29, 1.82) is 0 Å². The molecule has 0 aliphatic carbocycles. The zero-order chi connectivity index (χ0) is 85.5. The molecule has 22 nitrogen and oxygen atoms in total. The lowest BCUT2D eigenvalue weighted by Crippen LogP contribution is -2.16. The van der Waals surface area contributed by atoms with E-state index in [0.717, 1.165) is 16.9 Å². The molecule has 0 saturated carbocycles. The Balaban J connectivity index is 0.000000281. The summed E-state index contributed by atoms with van der Waals surface area (Å²) in [5.41, 5.74) is 8.65. The molecule has 11 rings (SSSR count). The third kappa shape index (κ3) is 36.2. The van der Waals surface area contributed by atoms with E-state index in [1.807, 2.05) is 97.3 Å². The first-order valence-electron chi connectivity index (χ1n) is 35.6. The van der Waals surface area contributed by atoms with Crippen LogP contribution in [0.25, 0.3) is 0 Å². The van der Waals surface area contributed by atoms with Crippen molar-refractivity contribution in [2.75, 3.05) is 37.7 Å². The van der Waals surface area contributed by atoms with Gasteiger partial charge in [0.1, 0.15) is 29.6 Å². The average molecular weight is 1590 g/mol. The molecule has 0 aromatic heterocycles. The first-order valence-corrected chi connectivity index (χ1v) is 36.9. The van der Waals surface area contributed by atoms with Gasteiger partial charge in [-0.25, -0.2) is 24.0 Å². The Labute approximate surface area is 678 Å².